The van der Waals surface area contributed by atoms with Crippen molar-refractivity contribution in [2.75, 3.05) is 33.3 Å². The SMILES string of the molecule is COc1cc(C(=O)N2CCN(C(=O)c3oc4ccccc4c3COc3ccccc3)CC2)ccc1C. The molecule has 0 N–H and O–H groups in total. The number of ether oxygens (including phenoxy) is 2. The van der Waals surface area contributed by atoms with E-state index in [1.807, 2.05) is 73.7 Å². The van der Waals surface area contributed by atoms with Gasteiger partial charge in [-0.05, 0) is 42.8 Å². The lowest BCUT2D eigenvalue weighted by atomic mass is 10.1. The van der Waals surface area contributed by atoms with E-state index in [2.05, 4.69) is 0 Å². The zero-order valence-corrected chi connectivity index (χ0v) is 20.4. The van der Waals surface area contributed by atoms with Crippen LogP contribution in [-0.2, 0) is 6.61 Å². The molecule has 0 spiro atoms. The number of para-hydroxylation sites is 2. The summed E-state index contributed by atoms with van der Waals surface area (Å²) >= 11 is 0. The molecule has 4 aromatic rings. The maximum absolute atomic E-state index is 13.5. The molecule has 0 atom stereocenters. The van der Waals surface area contributed by atoms with Gasteiger partial charge in [0.15, 0.2) is 5.76 Å². The van der Waals surface area contributed by atoms with Gasteiger partial charge in [0.05, 0.1) is 7.11 Å². The Labute approximate surface area is 209 Å². The highest BCUT2D eigenvalue weighted by Gasteiger charge is 2.30. The summed E-state index contributed by atoms with van der Waals surface area (Å²) in [4.78, 5) is 30.1. The van der Waals surface area contributed by atoms with Gasteiger partial charge in [-0.1, -0.05) is 42.5 Å². The second kappa shape index (κ2) is 10.2. The van der Waals surface area contributed by atoms with Gasteiger partial charge >= 0.3 is 0 Å². The number of nitrogens with zero attached hydrogens (tertiary/aromatic N) is 2. The smallest absolute Gasteiger partial charge is 0.290 e. The Morgan fingerprint density at radius 3 is 2.25 bits per heavy atom. The average molecular weight is 485 g/mol. The number of carbonyl (C=O) groups is 2. The number of fused-ring (bicyclic) bond motifs is 1. The molecular weight excluding hydrogens is 456 g/mol. The molecular formula is C29H28N2O5. The van der Waals surface area contributed by atoms with Crippen molar-refractivity contribution < 1.29 is 23.5 Å². The summed E-state index contributed by atoms with van der Waals surface area (Å²) in [5, 5.41) is 0.860. The monoisotopic (exact) mass is 484 g/mol. The van der Waals surface area contributed by atoms with E-state index < -0.39 is 0 Å². The molecule has 1 aromatic heterocycles. The fourth-order valence-electron chi connectivity index (χ4n) is 4.48. The molecule has 1 aliphatic rings. The summed E-state index contributed by atoms with van der Waals surface area (Å²) in [7, 11) is 1.60. The van der Waals surface area contributed by atoms with Crippen molar-refractivity contribution in [3.8, 4) is 11.5 Å². The van der Waals surface area contributed by atoms with Crippen molar-refractivity contribution >= 4 is 22.8 Å². The zero-order valence-electron chi connectivity index (χ0n) is 20.4. The molecule has 36 heavy (non-hydrogen) atoms. The Balaban J connectivity index is 1.31. The molecule has 3 aromatic carbocycles. The molecule has 1 saturated heterocycles. The van der Waals surface area contributed by atoms with E-state index >= 15 is 0 Å². The molecule has 7 nitrogen and oxygen atoms in total. The van der Waals surface area contributed by atoms with Gasteiger partial charge < -0.3 is 23.7 Å². The number of amides is 2. The molecule has 2 amide bonds. The van der Waals surface area contributed by atoms with Crippen molar-refractivity contribution in [1.29, 1.82) is 0 Å². The highest BCUT2D eigenvalue weighted by atomic mass is 16.5. The molecule has 0 saturated carbocycles. The second-order valence-electron chi connectivity index (χ2n) is 8.78. The van der Waals surface area contributed by atoms with Gasteiger partial charge in [0.25, 0.3) is 11.8 Å². The molecule has 7 heteroatoms. The average Bonchev–Trinajstić information content (AvgIpc) is 3.30. The minimum Gasteiger partial charge on any atom is -0.496 e. The van der Waals surface area contributed by atoms with Crippen molar-refractivity contribution in [1.82, 2.24) is 9.80 Å². The number of piperazine rings is 1. The van der Waals surface area contributed by atoms with Crippen LogP contribution in [0.3, 0.4) is 0 Å². The minimum absolute atomic E-state index is 0.0684. The van der Waals surface area contributed by atoms with E-state index in [0.29, 0.717) is 43.1 Å². The summed E-state index contributed by atoms with van der Waals surface area (Å²) in [6.45, 7) is 3.88. The molecule has 0 aliphatic carbocycles. The molecule has 2 heterocycles. The highest BCUT2D eigenvalue weighted by Crippen LogP contribution is 2.29. The van der Waals surface area contributed by atoms with Crippen LogP contribution in [-0.4, -0.2) is 54.9 Å². The Bertz CT molecular complexity index is 1390. The molecule has 184 valence electrons. The van der Waals surface area contributed by atoms with Crippen LogP contribution in [0.25, 0.3) is 11.0 Å². The first kappa shape index (κ1) is 23.5. The van der Waals surface area contributed by atoms with Crippen LogP contribution >= 0.6 is 0 Å². The summed E-state index contributed by atoms with van der Waals surface area (Å²) in [6.07, 6.45) is 0. The molecule has 1 aliphatic heterocycles. The van der Waals surface area contributed by atoms with Crippen LogP contribution in [0.1, 0.15) is 32.0 Å². The third-order valence-corrected chi connectivity index (χ3v) is 6.53. The summed E-state index contributed by atoms with van der Waals surface area (Å²) < 4.78 is 17.3. The summed E-state index contributed by atoms with van der Waals surface area (Å²) in [5.41, 5.74) is 2.93. The Morgan fingerprint density at radius 2 is 1.53 bits per heavy atom. The normalized spacial score (nSPS) is 13.6. The Morgan fingerprint density at radius 1 is 0.861 bits per heavy atom. The van der Waals surface area contributed by atoms with Crippen molar-refractivity contribution in [3.63, 3.8) is 0 Å². The molecule has 0 unspecified atom stereocenters. The maximum Gasteiger partial charge on any atom is 0.290 e. The van der Waals surface area contributed by atoms with Crippen LogP contribution in [0, 0.1) is 6.92 Å². The van der Waals surface area contributed by atoms with Crippen molar-refractivity contribution in [3.05, 3.63) is 95.2 Å². The van der Waals surface area contributed by atoms with Crippen LogP contribution in [0.2, 0.25) is 0 Å². The first-order valence-corrected chi connectivity index (χ1v) is 12.0. The van der Waals surface area contributed by atoms with Crippen LogP contribution in [0.4, 0.5) is 0 Å². The third kappa shape index (κ3) is 4.64. The van der Waals surface area contributed by atoms with E-state index in [1.54, 1.807) is 23.0 Å². The van der Waals surface area contributed by atoms with Gasteiger partial charge in [0, 0.05) is 42.7 Å². The van der Waals surface area contributed by atoms with Gasteiger partial charge in [-0.25, -0.2) is 0 Å². The summed E-state index contributed by atoms with van der Waals surface area (Å²) in [6, 6.07) is 22.5. The van der Waals surface area contributed by atoms with Gasteiger partial charge in [0.1, 0.15) is 23.7 Å². The lowest BCUT2D eigenvalue weighted by molar-refractivity contribution is 0.0517. The topological polar surface area (TPSA) is 72.2 Å². The number of hydrogen-bond donors (Lipinski definition) is 0. The van der Waals surface area contributed by atoms with E-state index in [1.165, 1.54) is 0 Å². The Kier molecular flexibility index (Phi) is 6.62. The van der Waals surface area contributed by atoms with Gasteiger partial charge in [-0.3, -0.25) is 9.59 Å². The number of rotatable bonds is 6. The van der Waals surface area contributed by atoms with Crippen molar-refractivity contribution in [2.45, 2.75) is 13.5 Å². The lowest BCUT2D eigenvalue weighted by Gasteiger charge is -2.34. The largest absolute Gasteiger partial charge is 0.496 e. The fourth-order valence-corrected chi connectivity index (χ4v) is 4.48. The number of benzene rings is 3. The maximum atomic E-state index is 13.5. The lowest BCUT2D eigenvalue weighted by Crippen LogP contribution is -2.50. The number of aryl methyl sites for hydroxylation is 1. The molecule has 1 fully saturated rings. The standard InChI is InChI=1S/C29H28N2O5/c1-20-12-13-21(18-26(20)34-2)28(32)30-14-16-31(17-15-30)29(33)27-24(19-35-22-8-4-3-5-9-22)23-10-6-7-11-25(23)36-27/h3-13,18H,14-17,19H2,1-2H3. The molecule has 0 bridgehead atoms. The van der Waals surface area contributed by atoms with Gasteiger partial charge in [-0.2, -0.15) is 0 Å². The minimum atomic E-state index is -0.193. The second-order valence-corrected chi connectivity index (χ2v) is 8.78. The van der Waals surface area contributed by atoms with E-state index in [9.17, 15) is 9.59 Å². The zero-order chi connectivity index (χ0) is 25.1. The predicted octanol–water partition coefficient (Wildman–Crippen LogP) is 4.93. The van der Waals surface area contributed by atoms with Gasteiger partial charge in [-0.15, -0.1) is 0 Å². The highest BCUT2D eigenvalue weighted by molar-refractivity contribution is 5.99. The van der Waals surface area contributed by atoms with E-state index in [0.717, 1.165) is 22.3 Å². The quantitative estimate of drug-likeness (QED) is 0.388. The first-order valence-electron chi connectivity index (χ1n) is 12.0. The van der Waals surface area contributed by atoms with Crippen LogP contribution in [0.15, 0.2) is 77.2 Å². The molecule has 5 rings (SSSR count). The van der Waals surface area contributed by atoms with E-state index in [-0.39, 0.29) is 24.2 Å². The third-order valence-electron chi connectivity index (χ3n) is 6.53. The summed E-state index contributed by atoms with van der Waals surface area (Å²) in [5.74, 6) is 1.43. The van der Waals surface area contributed by atoms with Crippen molar-refractivity contribution in [2.24, 2.45) is 0 Å². The van der Waals surface area contributed by atoms with Gasteiger partial charge in [0.2, 0.25) is 0 Å². The predicted molar refractivity (Wildman–Crippen MR) is 137 cm³/mol. The molecule has 0 radical (unpaired) electrons. The van der Waals surface area contributed by atoms with E-state index in [4.69, 9.17) is 13.9 Å². The van der Waals surface area contributed by atoms with Crippen LogP contribution < -0.4 is 9.47 Å². The number of carbonyl (C=O) groups excluding carboxylic acids is 2. The number of methoxy groups -OCH3 is 1. The number of hydrogen-bond acceptors (Lipinski definition) is 5. The number of furan rings is 1. The Hall–Kier alpha value is -4.26. The first-order chi connectivity index (χ1) is 17.5. The fraction of sp³-hybridized carbons (Fsp3) is 0.241. The van der Waals surface area contributed by atoms with Crippen LogP contribution in [0.5, 0.6) is 11.5 Å².